The summed E-state index contributed by atoms with van der Waals surface area (Å²) in [4.78, 5) is 4.54. The molecule has 0 spiro atoms. The van der Waals surface area contributed by atoms with Crippen LogP contribution in [0, 0.1) is 0 Å². The smallest absolute Gasteiger partial charge is 0.359 e. The molecule has 0 aliphatic carbocycles. The van der Waals surface area contributed by atoms with Crippen molar-refractivity contribution in [1.29, 1.82) is 0 Å². The number of hydrogen-bond acceptors (Lipinski definition) is 6. The summed E-state index contributed by atoms with van der Waals surface area (Å²) in [7, 11) is -11.1. The fraction of sp³-hybridized carbons (Fsp3) is 0.429. The van der Waals surface area contributed by atoms with Gasteiger partial charge >= 0.3 is 31.1 Å². The van der Waals surface area contributed by atoms with Crippen molar-refractivity contribution in [1.82, 2.24) is 13.9 Å². The van der Waals surface area contributed by atoms with Gasteiger partial charge in [0.15, 0.2) is 0 Å². The highest BCUT2D eigenvalue weighted by atomic mass is 32.3. The molecule has 1 aliphatic rings. The third kappa shape index (κ3) is 6.78. The first-order chi connectivity index (χ1) is 13.0. The molecule has 29 heavy (non-hydrogen) atoms. The molecule has 15 heteroatoms. The van der Waals surface area contributed by atoms with Gasteiger partial charge < -0.3 is 9.80 Å². The molecule has 0 amide bonds. The first kappa shape index (κ1) is 25.0. The Labute approximate surface area is 163 Å². The predicted molar refractivity (Wildman–Crippen MR) is 91.4 cm³/mol. The second kappa shape index (κ2) is 8.79. The van der Waals surface area contributed by atoms with Gasteiger partial charge in [0.2, 0.25) is 0 Å². The van der Waals surface area contributed by atoms with Crippen molar-refractivity contribution in [3.8, 4) is 0 Å². The third-order valence-corrected chi connectivity index (χ3v) is 6.57. The van der Waals surface area contributed by atoms with Gasteiger partial charge in [0, 0.05) is 26.0 Å². The van der Waals surface area contributed by atoms with Crippen molar-refractivity contribution in [3.63, 3.8) is 0 Å². The number of sulfonamides is 2. The molecule has 1 aliphatic heterocycles. The standard InChI is InChI=1S/C12H16N2.C2HF6NO4S2/c1-11-13(2)8-9-14(11)10-12-6-4-3-5-7-12;3-1(4,5)14(10,11)9-15(12,13)2(6,7)8/h3-9,11H,10H2,1-2H3;9H. The van der Waals surface area contributed by atoms with E-state index in [4.69, 9.17) is 0 Å². The van der Waals surface area contributed by atoms with Gasteiger partial charge in [-0.15, -0.1) is 0 Å². The molecule has 1 aromatic rings. The van der Waals surface area contributed by atoms with Gasteiger partial charge in [0.1, 0.15) is 0 Å². The van der Waals surface area contributed by atoms with Crippen LogP contribution in [0.15, 0.2) is 42.7 Å². The lowest BCUT2D eigenvalue weighted by Gasteiger charge is -2.27. The molecule has 0 saturated heterocycles. The van der Waals surface area contributed by atoms with E-state index in [1.807, 2.05) is 0 Å². The summed E-state index contributed by atoms with van der Waals surface area (Å²) < 4.78 is 108. The molecule has 1 unspecified atom stereocenters. The summed E-state index contributed by atoms with van der Waals surface area (Å²) in [5.41, 5.74) is -10.9. The van der Waals surface area contributed by atoms with E-state index in [1.165, 1.54) is 5.56 Å². The van der Waals surface area contributed by atoms with Crippen LogP contribution in [0.2, 0.25) is 0 Å². The van der Waals surface area contributed by atoms with Crippen molar-refractivity contribution in [3.05, 3.63) is 48.3 Å². The van der Waals surface area contributed by atoms with Gasteiger partial charge in [-0.05, 0) is 12.5 Å². The highest BCUT2D eigenvalue weighted by molar-refractivity contribution is 8.05. The molecule has 166 valence electrons. The Morgan fingerprint density at radius 3 is 1.69 bits per heavy atom. The van der Waals surface area contributed by atoms with E-state index in [1.54, 1.807) is 0 Å². The molecular formula is C14H17F6N3O4S2. The average molecular weight is 469 g/mol. The van der Waals surface area contributed by atoms with Crippen LogP contribution >= 0.6 is 0 Å². The minimum atomic E-state index is -6.60. The van der Waals surface area contributed by atoms with Gasteiger partial charge in [0.25, 0.3) is 0 Å². The Kier molecular flexibility index (Phi) is 7.59. The maximum atomic E-state index is 11.5. The van der Waals surface area contributed by atoms with Crippen molar-refractivity contribution in [2.45, 2.75) is 30.7 Å². The maximum Gasteiger partial charge on any atom is 0.512 e. The van der Waals surface area contributed by atoms with Crippen LogP contribution in [0.5, 0.6) is 0 Å². The summed E-state index contributed by atoms with van der Waals surface area (Å²) in [6.45, 7) is 3.20. The summed E-state index contributed by atoms with van der Waals surface area (Å²) in [6.07, 6.45) is 4.74. The fourth-order valence-corrected chi connectivity index (χ4v) is 3.80. The lowest BCUT2D eigenvalue weighted by atomic mass is 10.2. The van der Waals surface area contributed by atoms with Crippen molar-refractivity contribution >= 4 is 20.0 Å². The lowest BCUT2D eigenvalue weighted by Crippen LogP contribution is -2.45. The van der Waals surface area contributed by atoms with Crippen LogP contribution in [0.4, 0.5) is 26.3 Å². The first-order valence-corrected chi connectivity index (χ1v) is 10.6. The SMILES string of the molecule is CC1N(C)C=CN1Cc1ccccc1.O=S(=O)(NS(=O)(=O)C(F)(F)F)C(F)(F)F. The maximum absolute atomic E-state index is 11.5. The van der Waals surface area contributed by atoms with Gasteiger partial charge in [-0.2, -0.15) is 26.3 Å². The molecule has 0 aromatic heterocycles. The molecule has 1 aromatic carbocycles. The lowest BCUT2D eigenvalue weighted by molar-refractivity contribution is -0.0476. The highest BCUT2D eigenvalue weighted by Crippen LogP contribution is 2.27. The number of halogens is 6. The Morgan fingerprint density at radius 2 is 1.34 bits per heavy atom. The number of rotatable bonds is 4. The van der Waals surface area contributed by atoms with E-state index in [0.717, 1.165) is 6.54 Å². The number of nitrogens with one attached hydrogen (secondary N) is 1. The summed E-state index contributed by atoms with van der Waals surface area (Å²) >= 11 is 0. The first-order valence-electron chi connectivity index (χ1n) is 7.59. The zero-order valence-corrected chi connectivity index (χ0v) is 16.6. The molecule has 2 rings (SSSR count). The molecule has 1 heterocycles. The van der Waals surface area contributed by atoms with Crippen LogP contribution in [0.1, 0.15) is 12.5 Å². The van der Waals surface area contributed by atoms with Crippen LogP contribution < -0.4 is 4.13 Å². The molecule has 7 nitrogen and oxygen atoms in total. The molecule has 0 fully saturated rings. The van der Waals surface area contributed by atoms with E-state index in [2.05, 4.69) is 66.5 Å². The Balaban J connectivity index is 0.000000290. The van der Waals surface area contributed by atoms with Gasteiger partial charge in [0.05, 0.1) is 6.17 Å². The van der Waals surface area contributed by atoms with Crippen molar-refractivity contribution in [2.75, 3.05) is 7.05 Å². The molecule has 0 radical (unpaired) electrons. The average Bonchev–Trinajstić information content (AvgIpc) is 2.85. The zero-order valence-electron chi connectivity index (χ0n) is 14.9. The van der Waals surface area contributed by atoms with Crippen LogP contribution in [-0.2, 0) is 26.6 Å². The van der Waals surface area contributed by atoms with Gasteiger partial charge in [-0.1, -0.05) is 34.5 Å². The summed E-state index contributed by atoms with van der Waals surface area (Å²) in [5, 5.41) is 0. The molecule has 1 atom stereocenters. The summed E-state index contributed by atoms with van der Waals surface area (Å²) in [6, 6.07) is 10.6. The quantitative estimate of drug-likeness (QED) is 0.683. The minimum Gasteiger partial charge on any atom is -0.359 e. The largest absolute Gasteiger partial charge is 0.512 e. The Hall–Kier alpha value is -2.00. The van der Waals surface area contributed by atoms with Gasteiger partial charge in [-0.3, -0.25) is 0 Å². The van der Waals surface area contributed by atoms with E-state index in [9.17, 15) is 43.2 Å². The van der Waals surface area contributed by atoms with E-state index >= 15 is 0 Å². The predicted octanol–water partition coefficient (Wildman–Crippen LogP) is 2.53. The summed E-state index contributed by atoms with van der Waals surface area (Å²) in [5.74, 6) is 0. The number of benzene rings is 1. The molecular weight excluding hydrogens is 452 g/mol. The zero-order chi connectivity index (χ0) is 22.7. The normalized spacial score (nSPS) is 17.9. The minimum absolute atomic E-state index is 0.468. The van der Waals surface area contributed by atoms with E-state index in [0.29, 0.717) is 6.17 Å². The molecule has 0 saturated carbocycles. The van der Waals surface area contributed by atoms with Crippen LogP contribution in [0.25, 0.3) is 0 Å². The van der Waals surface area contributed by atoms with Crippen LogP contribution in [0.3, 0.4) is 0 Å². The fourth-order valence-electron chi connectivity index (χ4n) is 1.89. The topological polar surface area (TPSA) is 86.8 Å². The number of alkyl halides is 6. The molecule has 0 bridgehead atoms. The van der Waals surface area contributed by atoms with Gasteiger partial charge in [-0.25, -0.2) is 16.8 Å². The monoisotopic (exact) mass is 469 g/mol. The van der Waals surface area contributed by atoms with Crippen molar-refractivity contribution < 1.29 is 43.2 Å². The second-order valence-electron chi connectivity index (χ2n) is 5.74. The highest BCUT2D eigenvalue weighted by Gasteiger charge is 2.55. The van der Waals surface area contributed by atoms with Crippen molar-refractivity contribution in [2.24, 2.45) is 0 Å². The number of nitrogens with zero attached hydrogens (tertiary/aromatic N) is 2. The van der Waals surface area contributed by atoms with E-state index in [-0.39, 0.29) is 0 Å². The second-order valence-corrected chi connectivity index (χ2v) is 9.34. The third-order valence-electron chi connectivity index (χ3n) is 3.60. The van der Waals surface area contributed by atoms with E-state index < -0.39 is 35.2 Å². The number of hydrogen-bond donors (Lipinski definition) is 1. The van der Waals surface area contributed by atoms with Crippen LogP contribution in [-0.4, -0.2) is 50.9 Å². The Bertz CT molecular complexity index is 873. The molecule has 1 N–H and O–H groups in total. The Morgan fingerprint density at radius 1 is 0.897 bits per heavy atom.